The number of nitrogens with one attached hydrogen (secondary N) is 2. The Morgan fingerprint density at radius 2 is 2.29 bits per heavy atom. The number of benzene rings is 1. The zero-order valence-electron chi connectivity index (χ0n) is 13.9. The minimum Gasteiger partial charge on any atom is -0.378 e. The molecule has 0 spiro atoms. The highest BCUT2D eigenvalue weighted by atomic mass is 15.0. The molecule has 3 atom stereocenters. The quantitative estimate of drug-likeness (QED) is 0.498. The van der Waals surface area contributed by atoms with E-state index in [1.807, 2.05) is 12.3 Å². The third kappa shape index (κ3) is 2.19. The van der Waals surface area contributed by atoms with Gasteiger partial charge in [0, 0.05) is 23.3 Å². The van der Waals surface area contributed by atoms with Crippen LogP contribution in [0.15, 0.2) is 66.9 Å². The maximum absolute atomic E-state index is 6.50. The molecule has 0 fully saturated rings. The van der Waals surface area contributed by atoms with E-state index in [1.54, 1.807) is 0 Å². The predicted molar refractivity (Wildman–Crippen MR) is 104 cm³/mol. The second-order valence-corrected chi connectivity index (χ2v) is 6.57. The van der Waals surface area contributed by atoms with Gasteiger partial charge in [-0.3, -0.25) is 0 Å². The van der Waals surface area contributed by atoms with Crippen molar-refractivity contribution >= 4 is 29.9 Å². The first-order valence-electron chi connectivity index (χ1n) is 8.52. The molecule has 2 nitrogen and oxygen atoms in total. The molecule has 2 aromatic rings. The van der Waals surface area contributed by atoms with E-state index < -0.39 is 0 Å². The Balaban J connectivity index is 1.89. The first-order chi connectivity index (χ1) is 11.7. The van der Waals surface area contributed by atoms with Crippen LogP contribution >= 0.6 is 0 Å². The Labute approximate surface area is 144 Å². The van der Waals surface area contributed by atoms with Gasteiger partial charge >= 0.3 is 0 Å². The van der Waals surface area contributed by atoms with E-state index in [1.165, 1.54) is 16.5 Å². The Morgan fingerprint density at radius 3 is 3.08 bits per heavy atom. The summed E-state index contributed by atoms with van der Waals surface area (Å²) >= 11 is 0. The van der Waals surface area contributed by atoms with E-state index in [0.29, 0.717) is 11.8 Å². The highest BCUT2D eigenvalue weighted by molar-refractivity contribution is 6.42. The number of fused-ring (bicyclic) bond motifs is 4. The largest absolute Gasteiger partial charge is 0.378 e. The lowest BCUT2D eigenvalue weighted by Gasteiger charge is -2.39. The van der Waals surface area contributed by atoms with Gasteiger partial charge in [0.15, 0.2) is 0 Å². The smallest absolute Gasteiger partial charge is 0.119 e. The van der Waals surface area contributed by atoms with Crippen LogP contribution in [0.2, 0.25) is 0 Å². The van der Waals surface area contributed by atoms with Crippen LogP contribution in [0.5, 0.6) is 0 Å². The molecule has 4 rings (SSSR count). The van der Waals surface area contributed by atoms with Crippen LogP contribution in [0.4, 0.5) is 5.69 Å². The van der Waals surface area contributed by atoms with Gasteiger partial charge in [0.2, 0.25) is 0 Å². The second kappa shape index (κ2) is 5.90. The third-order valence-electron chi connectivity index (χ3n) is 5.25. The molecule has 2 aliphatic rings. The van der Waals surface area contributed by atoms with E-state index in [2.05, 4.69) is 66.3 Å². The molecule has 2 heterocycles. The fourth-order valence-electron chi connectivity index (χ4n) is 4.21. The average molecular weight is 312 g/mol. The molecule has 0 saturated heterocycles. The third-order valence-corrected chi connectivity index (χ3v) is 5.25. The fourth-order valence-corrected chi connectivity index (χ4v) is 4.21. The number of rotatable bonds is 3. The zero-order chi connectivity index (χ0) is 16.7. The number of allylic oxidation sites excluding steroid dienone is 5. The van der Waals surface area contributed by atoms with Crippen molar-refractivity contribution in [1.82, 2.24) is 4.98 Å². The molecule has 1 aliphatic carbocycles. The van der Waals surface area contributed by atoms with Gasteiger partial charge in [0.1, 0.15) is 7.85 Å². The summed E-state index contributed by atoms with van der Waals surface area (Å²) in [6, 6.07) is 4.61. The molecular weight excluding hydrogens is 291 g/mol. The van der Waals surface area contributed by atoms with Crippen molar-refractivity contribution in [3.63, 3.8) is 0 Å². The van der Waals surface area contributed by atoms with Gasteiger partial charge < -0.3 is 10.3 Å². The summed E-state index contributed by atoms with van der Waals surface area (Å²) in [5, 5.41) is 4.92. The molecule has 1 aromatic carbocycles. The Bertz CT molecular complexity index is 885. The zero-order valence-corrected chi connectivity index (χ0v) is 13.9. The van der Waals surface area contributed by atoms with Crippen LogP contribution in [-0.4, -0.2) is 18.9 Å². The summed E-state index contributed by atoms with van der Waals surface area (Å²) in [6.45, 7) is 5.93. The van der Waals surface area contributed by atoms with Crippen molar-refractivity contribution in [3.05, 3.63) is 72.5 Å². The molecule has 2 N–H and O–H groups in total. The van der Waals surface area contributed by atoms with Gasteiger partial charge in [-0.1, -0.05) is 48.5 Å². The fraction of sp³-hybridized carbons (Fsp3) is 0.238. The van der Waals surface area contributed by atoms with Crippen LogP contribution in [0.1, 0.15) is 24.8 Å². The summed E-state index contributed by atoms with van der Waals surface area (Å²) in [4.78, 5) is 3.26. The predicted octanol–water partition coefficient (Wildman–Crippen LogP) is 4.10. The average Bonchev–Trinajstić information content (AvgIpc) is 3.23. The van der Waals surface area contributed by atoms with Crippen LogP contribution in [-0.2, 0) is 0 Å². The number of aromatic amines is 1. The minimum absolute atomic E-state index is 0.237. The Hall–Kier alpha value is -2.42. The monoisotopic (exact) mass is 312 g/mol. The van der Waals surface area contributed by atoms with Gasteiger partial charge in [0.25, 0.3) is 0 Å². The van der Waals surface area contributed by atoms with E-state index in [-0.39, 0.29) is 6.04 Å². The standard InChI is InChI=1S/C21H21BN2/c1-3-6-13(7-4-2)19-16-9-5-8-15(16)17-12-14-10-11-23-20(14)18(22)21(17)24-19/h3-8,10-12,15-16,19,23-24H,1,9H2,2H3/b7-4-,13-6+. The van der Waals surface area contributed by atoms with Crippen LogP contribution in [0.3, 0.4) is 0 Å². The second-order valence-electron chi connectivity index (χ2n) is 6.57. The summed E-state index contributed by atoms with van der Waals surface area (Å²) in [6.07, 6.45) is 15.9. The molecule has 0 bridgehead atoms. The molecule has 24 heavy (non-hydrogen) atoms. The molecule has 0 saturated carbocycles. The van der Waals surface area contributed by atoms with Crippen molar-refractivity contribution < 1.29 is 0 Å². The summed E-state index contributed by atoms with van der Waals surface area (Å²) in [5.41, 5.74) is 5.47. The molecule has 118 valence electrons. The van der Waals surface area contributed by atoms with Crippen molar-refractivity contribution in [2.75, 3.05) is 5.32 Å². The van der Waals surface area contributed by atoms with Crippen molar-refractivity contribution in [2.24, 2.45) is 5.92 Å². The van der Waals surface area contributed by atoms with Gasteiger partial charge in [-0.15, -0.1) is 0 Å². The molecule has 3 heteroatoms. The first kappa shape index (κ1) is 15.1. The van der Waals surface area contributed by atoms with Crippen LogP contribution in [0.25, 0.3) is 10.9 Å². The minimum atomic E-state index is 0.237. The molecule has 1 aromatic heterocycles. The van der Waals surface area contributed by atoms with Gasteiger partial charge in [-0.05, 0) is 47.9 Å². The van der Waals surface area contributed by atoms with Crippen molar-refractivity contribution in [2.45, 2.75) is 25.3 Å². The Kier molecular flexibility index (Phi) is 3.72. The van der Waals surface area contributed by atoms with Gasteiger partial charge in [-0.2, -0.15) is 0 Å². The SMILES string of the molecule is [B]c1c2c(cc3cc[nH]c13)C1C=CCC1C(C(/C=C\C)=C/C=C)N2. The summed E-state index contributed by atoms with van der Waals surface area (Å²) in [5.74, 6) is 0.919. The molecule has 1 aliphatic heterocycles. The number of hydrogen-bond donors (Lipinski definition) is 2. The maximum Gasteiger partial charge on any atom is 0.119 e. The number of anilines is 1. The lowest BCUT2D eigenvalue weighted by molar-refractivity contribution is 0.455. The van der Waals surface area contributed by atoms with Crippen molar-refractivity contribution in [3.8, 4) is 0 Å². The van der Waals surface area contributed by atoms with Crippen LogP contribution < -0.4 is 10.8 Å². The van der Waals surface area contributed by atoms with Crippen LogP contribution in [0, 0.1) is 5.92 Å². The highest BCUT2D eigenvalue weighted by Gasteiger charge is 2.38. The molecule has 3 unspecified atom stereocenters. The lowest BCUT2D eigenvalue weighted by Crippen LogP contribution is -2.39. The molecular formula is C21H21BN2. The highest BCUT2D eigenvalue weighted by Crippen LogP contribution is 2.46. The number of hydrogen-bond acceptors (Lipinski definition) is 1. The maximum atomic E-state index is 6.50. The molecule has 0 amide bonds. The summed E-state index contributed by atoms with van der Waals surface area (Å²) < 4.78 is 0. The van der Waals surface area contributed by atoms with E-state index in [0.717, 1.165) is 23.1 Å². The number of aromatic nitrogens is 1. The first-order valence-corrected chi connectivity index (χ1v) is 8.52. The number of H-pyrrole nitrogens is 1. The van der Waals surface area contributed by atoms with E-state index in [4.69, 9.17) is 7.85 Å². The van der Waals surface area contributed by atoms with Gasteiger partial charge in [0.05, 0.1) is 6.04 Å². The van der Waals surface area contributed by atoms with Crippen molar-refractivity contribution in [1.29, 1.82) is 0 Å². The topological polar surface area (TPSA) is 27.8 Å². The lowest BCUT2D eigenvalue weighted by atomic mass is 9.73. The van der Waals surface area contributed by atoms with E-state index >= 15 is 0 Å². The Morgan fingerprint density at radius 1 is 1.42 bits per heavy atom. The van der Waals surface area contributed by atoms with Gasteiger partial charge in [-0.25, -0.2) is 0 Å². The summed E-state index contributed by atoms with van der Waals surface area (Å²) in [7, 11) is 6.50. The molecule has 2 radical (unpaired) electrons. The van der Waals surface area contributed by atoms with E-state index in [9.17, 15) is 0 Å². The normalized spacial score (nSPS) is 25.7.